The molecule has 2 N–H and O–H groups in total. The number of morpholine rings is 1. The summed E-state index contributed by atoms with van der Waals surface area (Å²) in [4.78, 5) is 25.4. The average Bonchev–Trinajstić information content (AvgIpc) is 2.69. The van der Waals surface area contributed by atoms with Crippen molar-refractivity contribution in [2.75, 3.05) is 57.1 Å². The van der Waals surface area contributed by atoms with E-state index < -0.39 is 4.92 Å². The number of nitro groups is 1. The van der Waals surface area contributed by atoms with Gasteiger partial charge < -0.3 is 20.1 Å². The molecule has 0 aliphatic carbocycles. The molecule has 27 heavy (non-hydrogen) atoms. The van der Waals surface area contributed by atoms with Crippen LogP contribution in [0.2, 0.25) is 0 Å². The topological polar surface area (TPSA) is 128 Å². The summed E-state index contributed by atoms with van der Waals surface area (Å²) in [6.07, 6.45) is 1.36. The number of hydrogen-bond donors (Lipinski definition) is 2. The molecule has 0 saturated carbocycles. The van der Waals surface area contributed by atoms with Gasteiger partial charge >= 0.3 is 5.69 Å². The first-order valence-electron chi connectivity index (χ1n) is 8.48. The number of ether oxygens (including phenoxy) is 2. The monoisotopic (exact) mass is 375 g/mol. The number of rotatable bonds is 8. The second-order valence-electron chi connectivity index (χ2n) is 5.77. The standard InChI is InChI=1S/C16H21N7O4/c1-26-15-10-14(18-11-19-15)20-13-3-2-12(23(24)25)16(21-13)17-4-5-22-6-8-27-9-7-22/h2-3,10-11H,4-9H2,1H3,(H2,17,18,19,20,21). The molecule has 0 aromatic carbocycles. The highest BCUT2D eigenvalue weighted by molar-refractivity contribution is 5.63. The maximum Gasteiger partial charge on any atom is 0.311 e. The van der Waals surface area contributed by atoms with E-state index in [4.69, 9.17) is 9.47 Å². The number of nitrogens with one attached hydrogen (secondary N) is 2. The van der Waals surface area contributed by atoms with Crippen LogP contribution in [0, 0.1) is 10.1 Å². The van der Waals surface area contributed by atoms with Crippen LogP contribution < -0.4 is 15.4 Å². The maximum atomic E-state index is 11.3. The van der Waals surface area contributed by atoms with E-state index in [1.54, 1.807) is 6.07 Å². The molecule has 3 heterocycles. The van der Waals surface area contributed by atoms with Crippen LogP contribution in [0.5, 0.6) is 5.88 Å². The Morgan fingerprint density at radius 2 is 2.11 bits per heavy atom. The third-order valence-corrected chi connectivity index (χ3v) is 4.00. The van der Waals surface area contributed by atoms with Gasteiger partial charge in [0, 0.05) is 38.3 Å². The smallest absolute Gasteiger partial charge is 0.311 e. The van der Waals surface area contributed by atoms with Crippen molar-refractivity contribution in [3.8, 4) is 5.88 Å². The summed E-state index contributed by atoms with van der Waals surface area (Å²) in [5.74, 6) is 1.51. The highest BCUT2D eigenvalue weighted by Gasteiger charge is 2.17. The first kappa shape index (κ1) is 18.7. The van der Waals surface area contributed by atoms with Crippen LogP contribution in [0.25, 0.3) is 0 Å². The molecule has 1 aliphatic rings. The Balaban J connectivity index is 1.68. The van der Waals surface area contributed by atoms with Gasteiger partial charge in [0.15, 0.2) is 0 Å². The van der Waals surface area contributed by atoms with Gasteiger partial charge in [0.2, 0.25) is 11.7 Å². The fourth-order valence-corrected chi connectivity index (χ4v) is 2.61. The van der Waals surface area contributed by atoms with E-state index in [1.165, 1.54) is 25.6 Å². The summed E-state index contributed by atoms with van der Waals surface area (Å²) in [7, 11) is 1.51. The molecule has 1 fully saturated rings. The molecule has 3 rings (SSSR count). The SMILES string of the molecule is COc1cc(Nc2ccc([N+](=O)[O-])c(NCCN3CCOCC3)n2)ncn1. The molecular formula is C16H21N7O4. The summed E-state index contributed by atoms with van der Waals surface area (Å²) < 4.78 is 10.4. The van der Waals surface area contributed by atoms with Crippen LogP contribution >= 0.6 is 0 Å². The van der Waals surface area contributed by atoms with Crippen molar-refractivity contribution in [1.29, 1.82) is 0 Å². The second-order valence-corrected chi connectivity index (χ2v) is 5.77. The van der Waals surface area contributed by atoms with Crippen LogP contribution in [-0.4, -0.2) is 71.3 Å². The highest BCUT2D eigenvalue weighted by atomic mass is 16.6. The molecule has 0 amide bonds. The molecular weight excluding hydrogens is 354 g/mol. The molecule has 2 aromatic heterocycles. The van der Waals surface area contributed by atoms with Gasteiger partial charge in [0.1, 0.15) is 18.0 Å². The lowest BCUT2D eigenvalue weighted by Gasteiger charge is -2.26. The van der Waals surface area contributed by atoms with Crippen molar-refractivity contribution >= 4 is 23.1 Å². The zero-order valence-corrected chi connectivity index (χ0v) is 14.9. The molecule has 1 saturated heterocycles. The first-order valence-corrected chi connectivity index (χ1v) is 8.48. The van der Waals surface area contributed by atoms with Gasteiger partial charge in [0.05, 0.1) is 25.2 Å². The minimum Gasteiger partial charge on any atom is -0.481 e. The van der Waals surface area contributed by atoms with Crippen molar-refractivity contribution in [2.24, 2.45) is 0 Å². The molecule has 0 spiro atoms. The Hall–Kier alpha value is -3.05. The molecule has 1 aliphatic heterocycles. The van der Waals surface area contributed by atoms with Crippen molar-refractivity contribution in [3.63, 3.8) is 0 Å². The van der Waals surface area contributed by atoms with E-state index >= 15 is 0 Å². The Morgan fingerprint density at radius 3 is 2.85 bits per heavy atom. The second kappa shape index (κ2) is 9.05. The summed E-state index contributed by atoms with van der Waals surface area (Å²) >= 11 is 0. The zero-order valence-electron chi connectivity index (χ0n) is 14.9. The fourth-order valence-electron chi connectivity index (χ4n) is 2.61. The van der Waals surface area contributed by atoms with Crippen molar-refractivity contribution in [2.45, 2.75) is 0 Å². The van der Waals surface area contributed by atoms with E-state index in [0.717, 1.165) is 19.6 Å². The Labute approximate surface area is 155 Å². The van der Waals surface area contributed by atoms with E-state index in [1.807, 2.05) is 0 Å². The molecule has 0 bridgehead atoms. The lowest BCUT2D eigenvalue weighted by atomic mass is 10.3. The third kappa shape index (κ3) is 5.21. The van der Waals surface area contributed by atoms with Gasteiger partial charge in [-0.2, -0.15) is 0 Å². The average molecular weight is 375 g/mol. The number of pyridine rings is 1. The molecule has 11 nitrogen and oxygen atoms in total. The van der Waals surface area contributed by atoms with Crippen molar-refractivity contribution < 1.29 is 14.4 Å². The van der Waals surface area contributed by atoms with E-state index in [2.05, 4.69) is 30.5 Å². The minimum atomic E-state index is -0.457. The van der Waals surface area contributed by atoms with Gasteiger partial charge in [-0.1, -0.05) is 0 Å². The highest BCUT2D eigenvalue weighted by Crippen LogP contribution is 2.25. The molecule has 11 heteroatoms. The first-order chi connectivity index (χ1) is 13.2. The van der Waals surface area contributed by atoms with Crippen LogP contribution in [0.1, 0.15) is 0 Å². The van der Waals surface area contributed by atoms with E-state index in [0.29, 0.717) is 37.3 Å². The number of aromatic nitrogens is 3. The lowest BCUT2D eigenvalue weighted by Crippen LogP contribution is -2.39. The third-order valence-electron chi connectivity index (χ3n) is 4.00. The molecule has 0 radical (unpaired) electrons. The molecule has 0 atom stereocenters. The summed E-state index contributed by atoms with van der Waals surface area (Å²) in [6, 6.07) is 4.54. The van der Waals surface area contributed by atoms with Gasteiger partial charge in [0.25, 0.3) is 0 Å². The number of anilines is 3. The van der Waals surface area contributed by atoms with Gasteiger partial charge in [-0.3, -0.25) is 15.0 Å². The van der Waals surface area contributed by atoms with Crippen molar-refractivity contribution in [3.05, 3.63) is 34.6 Å². The molecule has 144 valence electrons. The number of methoxy groups -OCH3 is 1. The molecule has 2 aromatic rings. The van der Waals surface area contributed by atoms with E-state index in [-0.39, 0.29) is 11.5 Å². The predicted molar refractivity (Wildman–Crippen MR) is 98.5 cm³/mol. The largest absolute Gasteiger partial charge is 0.481 e. The maximum absolute atomic E-state index is 11.3. The fraction of sp³-hybridized carbons (Fsp3) is 0.438. The van der Waals surface area contributed by atoms with Crippen molar-refractivity contribution in [1.82, 2.24) is 19.9 Å². The van der Waals surface area contributed by atoms with Gasteiger partial charge in [-0.15, -0.1) is 0 Å². The van der Waals surface area contributed by atoms with Crippen LogP contribution in [-0.2, 0) is 4.74 Å². The van der Waals surface area contributed by atoms with Crippen LogP contribution in [0.15, 0.2) is 24.5 Å². The van der Waals surface area contributed by atoms with Crippen LogP contribution in [0.3, 0.4) is 0 Å². The van der Waals surface area contributed by atoms with E-state index in [9.17, 15) is 10.1 Å². The quantitative estimate of drug-likeness (QED) is 0.514. The lowest BCUT2D eigenvalue weighted by molar-refractivity contribution is -0.384. The Bertz CT molecular complexity index is 783. The minimum absolute atomic E-state index is 0.0807. The van der Waals surface area contributed by atoms with Crippen LogP contribution in [0.4, 0.5) is 23.1 Å². The molecule has 0 unspecified atom stereocenters. The number of nitrogens with zero attached hydrogens (tertiary/aromatic N) is 5. The summed E-state index contributed by atoms with van der Waals surface area (Å²) in [5.41, 5.74) is -0.0807. The number of hydrogen-bond acceptors (Lipinski definition) is 10. The van der Waals surface area contributed by atoms with Gasteiger partial charge in [-0.25, -0.2) is 15.0 Å². The van der Waals surface area contributed by atoms with Gasteiger partial charge in [-0.05, 0) is 6.07 Å². The zero-order chi connectivity index (χ0) is 19.1. The Morgan fingerprint density at radius 1 is 1.30 bits per heavy atom. The summed E-state index contributed by atoms with van der Waals surface area (Å²) in [6.45, 7) is 4.42. The normalized spacial score (nSPS) is 14.6. The summed E-state index contributed by atoms with van der Waals surface area (Å²) in [5, 5.41) is 17.3. The predicted octanol–water partition coefficient (Wildman–Crippen LogP) is 1.28. The Kier molecular flexibility index (Phi) is 6.28.